The summed E-state index contributed by atoms with van der Waals surface area (Å²) in [7, 11) is -2.66. The van der Waals surface area contributed by atoms with Crippen molar-refractivity contribution in [1.29, 1.82) is 0 Å². The molecule has 0 fully saturated rings. The third kappa shape index (κ3) is 1.97. The minimum Gasteiger partial charge on any atom is -0.491 e. The first-order valence-electron chi connectivity index (χ1n) is 6.01. The molecule has 0 radical (unpaired) electrons. The van der Waals surface area contributed by atoms with E-state index in [4.69, 9.17) is 0 Å². The van der Waals surface area contributed by atoms with Crippen LogP contribution in [0.25, 0.3) is 0 Å². The van der Waals surface area contributed by atoms with Crippen molar-refractivity contribution in [1.82, 2.24) is 10.6 Å². The number of aliphatic hydroxyl groups is 2. The van der Waals surface area contributed by atoms with E-state index in [1.54, 1.807) is 0 Å². The minimum atomic E-state index is -2.66. The number of aliphatic hydroxyl groups excluding tert-OH is 2. The number of rotatable bonds is 1. The Morgan fingerprint density at radius 1 is 1.27 bits per heavy atom. The van der Waals surface area contributed by atoms with Crippen LogP contribution >= 0.6 is 0 Å². The number of nitrogens with one attached hydrogen (secondary N) is 2. The Labute approximate surface area is 124 Å². The molecule has 0 amide bonds. The first kappa shape index (κ1) is 13.9. The van der Waals surface area contributed by atoms with Crippen molar-refractivity contribution in [3.63, 3.8) is 0 Å². The highest BCUT2D eigenvalue weighted by molar-refractivity contribution is 7.73. The van der Waals surface area contributed by atoms with Gasteiger partial charge in [0.2, 0.25) is 16.2 Å². The SMILES string of the molecule is O=[N+]([O-])C1=C2C(=CC=CC2=S(=O)=O)C2NC(O)=C(O)NC2=C1. The molecule has 114 valence electrons. The Morgan fingerprint density at radius 3 is 2.64 bits per heavy atom. The van der Waals surface area contributed by atoms with Gasteiger partial charge >= 0.3 is 0 Å². The van der Waals surface area contributed by atoms with Gasteiger partial charge in [-0.1, -0.05) is 12.2 Å². The monoisotopic (exact) mass is 323 g/mol. The fraction of sp³-hybridized carbons (Fsp3) is 0.0833. The van der Waals surface area contributed by atoms with E-state index >= 15 is 0 Å². The van der Waals surface area contributed by atoms with Crippen molar-refractivity contribution < 1.29 is 23.6 Å². The molecule has 0 spiro atoms. The molecule has 1 unspecified atom stereocenters. The van der Waals surface area contributed by atoms with Crippen LogP contribution in [0.4, 0.5) is 0 Å². The van der Waals surface area contributed by atoms with Crippen LogP contribution in [-0.2, 0) is 10.3 Å². The minimum absolute atomic E-state index is 0.0435. The largest absolute Gasteiger partial charge is 0.491 e. The molecule has 0 bridgehead atoms. The zero-order valence-electron chi connectivity index (χ0n) is 10.8. The summed E-state index contributed by atoms with van der Waals surface area (Å²) in [5, 5.41) is 35.3. The maximum Gasteiger partial charge on any atom is 0.280 e. The molecule has 1 heterocycles. The molecule has 1 aliphatic heterocycles. The summed E-state index contributed by atoms with van der Waals surface area (Å²) in [6.07, 6.45) is 5.34. The van der Waals surface area contributed by atoms with E-state index in [0.29, 0.717) is 5.57 Å². The molecule has 3 aliphatic rings. The molecule has 2 aliphatic carbocycles. The van der Waals surface area contributed by atoms with Crippen LogP contribution in [0.5, 0.6) is 0 Å². The van der Waals surface area contributed by atoms with E-state index in [1.807, 2.05) is 0 Å². The highest BCUT2D eigenvalue weighted by Gasteiger charge is 2.39. The lowest BCUT2D eigenvalue weighted by atomic mass is 9.84. The van der Waals surface area contributed by atoms with Crippen LogP contribution in [0, 0.1) is 10.1 Å². The van der Waals surface area contributed by atoms with Gasteiger partial charge in [0.15, 0.2) is 0 Å². The highest BCUT2D eigenvalue weighted by Crippen LogP contribution is 2.34. The first-order valence-corrected chi connectivity index (χ1v) is 7.09. The number of nitrogens with zero attached hydrogens (tertiary/aromatic N) is 1. The zero-order valence-corrected chi connectivity index (χ0v) is 11.6. The second-order valence-corrected chi connectivity index (χ2v) is 5.51. The van der Waals surface area contributed by atoms with E-state index in [-0.39, 0.29) is 16.1 Å². The Hall–Kier alpha value is -3.01. The van der Waals surface area contributed by atoms with Crippen LogP contribution in [0.1, 0.15) is 0 Å². The van der Waals surface area contributed by atoms with E-state index in [9.17, 15) is 28.7 Å². The van der Waals surface area contributed by atoms with Crippen molar-refractivity contribution in [2.24, 2.45) is 0 Å². The molecule has 1 atom stereocenters. The summed E-state index contributed by atoms with van der Waals surface area (Å²) >= 11 is 0. The topological polar surface area (TPSA) is 142 Å². The normalized spacial score (nSPS) is 22.9. The molecule has 0 aromatic rings. The Kier molecular flexibility index (Phi) is 3.03. The summed E-state index contributed by atoms with van der Waals surface area (Å²) in [6.45, 7) is 0. The zero-order chi connectivity index (χ0) is 16.0. The molecule has 22 heavy (non-hydrogen) atoms. The second-order valence-electron chi connectivity index (χ2n) is 4.60. The van der Waals surface area contributed by atoms with Gasteiger partial charge < -0.3 is 20.8 Å². The van der Waals surface area contributed by atoms with Gasteiger partial charge in [-0.15, -0.1) is 0 Å². The lowest BCUT2D eigenvalue weighted by molar-refractivity contribution is -0.419. The van der Waals surface area contributed by atoms with Gasteiger partial charge in [-0.2, -0.15) is 8.42 Å². The van der Waals surface area contributed by atoms with Gasteiger partial charge in [0, 0.05) is 6.08 Å². The van der Waals surface area contributed by atoms with Crippen LogP contribution in [0.3, 0.4) is 0 Å². The number of hydrogen-bond donors (Lipinski definition) is 4. The average molecular weight is 323 g/mol. The standard InChI is InChI=1S/C12H9N3O6S/c16-11-12(17)14-10-5-2-1-3-8(22(20)21)9(5)7(15(18)19)4-6(10)13-11/h1-4,10,13-14,16-17H. The van der Waals surface area contributed by atoms with Crippen molar-refractivity contribution in [2.45, 2.75) is 6.04 Å². The molecule has 3 rings (SSSR count). The van der Waals surface area contributed by atoms with E-state index in [1.165, 1.54) is 18.2 Å². The summed E-state index contributed by atoms with van der Waals surface area (Å²) in [4.78, 5) is 10.4. The predicted molar refractivity (Wildman–Crippen MR) is 75.6 cm³/mol. The van der Waals surface area contributed by atoms with Crippen molar-refractivity contribution in [3.8, 4) is 0 Å². The number of allylic oxidation sites excluding steroid dienone is 4. The molecule has 0 saturated carbocycles. The van der Waals surface area contributed by atoms with Gasteiger partial charge in [-0.05, 0) is 11.6 Å². The number of hydrogen-bond acceptors (Lipinski definition) is 8. The van der Waals surface area contributed by atoms with Gasteiger partial charge in [0.25, 0.3) is 11.6 Å². The molecule has 4 N–H and O–H groups in total. The maximum atomic E-state index is 11.3. The average Bonchev–Trinajstić information content (AvgIpc) is 2.47. The Balaban J connectivity index is 2.29. The quantitative estimate of drug-likeness (QED) is 0.294. The summed E-state index contributed by atoms with van der Waals surface area (Å²) in [5.74, 6) is -1.11. The van der Waals surface area contributed by atoms with Crippen LogP contribution in [-0.4, -0.2) is 34.5 Å². The number of nitro groups is 1. The van der Waals surface area contributed by atoms with Crippen LogP contribution in [0.2, 0.25) is 0 Å². The summed E-state index contributed by atoms with van der Waals surface area (Å²) in [6, 6.07) is -0.738. The van der Waals surface area contributed by atoms with Crippen molar-refractivity contribution >= 4 is 15.2 Å². The fourth-order valence-electron chi connectivity index (χ4n) is 2.48. The third-order valence-corrected chi connectivity index (χ3v) is 4.07. The Morgan fingerprint density at radius 2 is 2.00 bits per heavy atom. The van der Waals surface area contributed by atoms with Gasteiger partial charge in [0.05, 0.1) is 22.2 Å². The van der Waals surface area contributed by atoms with Crippen molar-refractivity contribution in [2.75, 3.05) is 0 Å². The van der Waals surface area contributed by atoms with Crippen molar-refractivity contribution in [3.05, 3.63) is 68.7 Å². The Bertz CT molecular complexity index is 880. The number of fused-ring (bicyclic) bond motifs is 3. The predicted octanol–water partition coefficient (Wildman–Crippen LogP) is -0.234. The van der Waals surface area contributed by atoms with Crippen LogP contribution in [0.15, 0.2) is 58.6 Å². The summed E-state index contributed by atoms with van der Waals surface area (Å²) in [5.41, 5.74) is 0.0726. The smallest absolute Gasteiger partial charge is 0.280 e. The van der Waals surface area contributed by atoms with Gasteiger partial charge in [0.1, 0.15) is 4.86 Å². The molecular formula is C12H9N3O6S. The second kappa shape index (κ2) is 4.77. The van der Waals surface area contributed by atoms with E-state index < -0.39 is 38.7 Å². The molecule has 0 saturated heterocycles. The third-order valence-electron chi connectivity index (χ3n) is 3.37. The first-order chi connectivity index (χ1) is 10.4. The molecule has 10 heteroatoms. The summed E-state index contributed by atoms with van der Waals surface area (Å²) < 4.78 is 22.7. The van der Waals surface area contributed by atoms with E-state index in [0.717, 1.165) is 6.08 Å². The van der Waals surface area contributed by atoms with E-state index in [2.05, 4.69) is 10.6 Å². The molecular weight excluding hydrogens is 314 g/mol. The molecule has 9 nitrogen and oxygen atoms in total. The fourth-order valence-corrected chi connectivity index (χ4v) is 3.06. The highest BCUT2D eigenvalue weighted by atomic mass is 32.2. The maximum absolute atomic E-state index is 11.3. The van der Waals surface area contributed by atoms with Crippen LogP contribution < -0.4 is 10.6 Å². The molecule has 0 aromatic carbocycles. The molecule has 0 aromatic heterocycles. The lowest BCUT2D eigenvalue weighted by Gasteiger charge is -2.33. The van der Waals surface area contributed by atoms with Gasteiger partial charge in [-0.25, -0.2) is 0 Å². The van der Waals surface area contributed by atoms with Gasteiger partial charge in [-0.3, -0.25) is 10.1 Å². The lowest BCUT2D eigenvalue weighted by Crippen LogP contribution is -2.46.